The van der Waals surface area contributed by atoms with Crippen molar-refractivity contribution in [1.29, 1.82) is 5.26 Å². The first-order valence-electron chi connectivity index (χ1n) is 6.38. The number of nitrogens with one attached hydrogen (secondary N) is 2. The van der Waals surface area contributed by atoms with Gasteiger partial charge in [0.1, 0.15) is 0 Å². The molecule has 0 saturated heterocycles. The van der Waals surface area contributed by atoms with Gasteiger partial charge in [0, 0.05) is 18.5 Å². The van der Waals surface area contributed by atoms with Gasteiger partial charge in [-0.3, -0.25) is 4.79 Å². The molecule has 0 fully saturated rings. The van der Waals surface area contributed by atoms with Gasteiger partial charge in [0.05, 0.1) is 23.0 Å². The maximum atomic E-state index is 11.2. The van der Waals surface area contributed by atoms with Crippen LogP contribution >= 0.6 is 11.6 Å². The Morgan fingerprint density at radius 3 is 2.52 bits per heavy atom. The summed E-state index contributed by atoms with van der Waals surface area (Å²) in [5.41, 5.74) is 3.10. The molecule has 0 atom stereocenters. The van der Waals surface area contributed by atoms with Crippen LogP contribution in [0.25, 0.3) is 0 Å². The van der Waals surface area contributed by atoms with Crippen LogP contribution in [0.15, 0.2) is 42.5 Å². The fraction of sp³-hybridized carbons (Fsp3) is 0.125. The van der Waals surface area contributed by atoms with Gasteiger partial charge in [0.15, 0.2) is 0 Å². The van der Waals surface area contributed by atoms with E-state index in [-0.39, 0.29) is 5.91 Å². The molecular formula is C16H14ClN3O. The molecule has 2 aromatic carbocycles. The van der Waals surface area contributed by atoms with Gasteiger partial charge < -0.3 is 10.6 Å². The highest BCUT2D eigenvalue weighted by Crippen LogP contribution is 2.26. The summed E-state index contributed by atoms with van der Waals surface area (Å²) in [5, 5.41) is 15.3. The van der Waals surface area contributed by atoms with Crippen molar-refractivity contribution in [1.82, 2.24) is 0 Å². The van der Waals surface area contributed by atoms with Gasteiger partial charge in [0.25, 0.3) is 0 Å². The van der Waals surface area contributed by atoms with E-state index in [0.29, 0.717) is 22.8 Å². The van der Waals surface area contributed by atoms with Crippen molar-refractivity contribution in [2.24, 2.45) is 0 Å². The second-order valence-corrected chi connectivity index (χ2v) is 4.97. The van der Waals surface area contributed by atoms with Gasteiger partial charge in [-0.25, -0.2) is 0 Å². The molecular weight excluding hydrogens is 286 g/mol. The topological polar surface area (TPSA) is 64.9 Å². The number of rotatable bonds is 4. The summed E-state index contributed by atoms with van der Waals surface area (Å²) < 4.78 is 0. The van der Waals surface area contributed by atoms with Crippen LogP contribution in [-0.4, -0.2) is 5.91 Å². The minimum Gasteiger partial charge on any atom is -0.379 e. The SMILES string of the molecule is CC(=O)Nc1cc(Cl)ccc1NCc1ccc(C#N)cc1. The zero-order chi connectivity index (χ0) is 15.2. The van der Waals surface area contributed by atoms with E-state index in [4.69, 9.17) is 16.9 Å². The molecule has 106 valence electrons. The molecule has 0 saturated carbocycles. The predicted molar refractivity (Wildman–Crippen MR) is 84.2 cm³/mol. The second-order valence-electron chi connectivity index (χ2n) is 4.53. The molecule has 0 unspecified atom stereocenters. The van der Waals surface area contributed by atoms with Crippen molar-refractivity contribution in [2.75, 3.05) is 10.6 Å². The summed E-state index contributed by atoms with van der Waals surface area (Å²) >= 11 is 5.94. The van der Waals surface area contributed by atoms with Gasteiger partial charge in [-0.1, -0.05) is 23.7 Å². The minimum absolute atomic E-state index is 0.154. The molecule has 0 aliphatic carbocycles. The highest BCUT2D eigenvalue weighted by Gasteiger charge is 2.05. The van der Waals surface area contributed by atoms with Gasteiger partial charge in [-0.2, -0.15) is 5.26 Å². The van der Waals surface area contributed by atoms with E-state index >= 15 is 0 Å². The summed E-state index contributed by atoms with van der Waals surface area (Å²) in [6, 6.07) is 14.7. The summed E-state index contributed by atoms with van der Waals surface area (Å²) in [6.07, 6.45) is 0. The summed E-state index contributed by atoms with van der Waals surface area (Å²) in [6.45, 7) is 2.03. The predicted octanol–water partition coefficient (Wildman–Crippen LogP) is 3.78. The Morgan fingerprint density at radius 1 is 1.19 bits per heavy atom. The monoisotopic (exact) mass is 299 g/mol. The molecule has 0 heterocycles. The molecule has 0 spiro atoms. The number of carbonyl (C=O) groups is 1. The first-order chi connectivity index (χ1) is 10.1. The zero-order valence-corrected chi connectivity index (χ0v) is 12.2. The fourth-order valence-electron chi connectivity index (χ4n) is 1.86. The van der Waals surface area contributed by atoms with E-state index in [9.17, 15) is 4.79 Å². The average molecular weight is 300 g/mol. The van der Waals surface area contributed by atoms with Gasteiger partial charge >= 0.3 is 0 Å². The number of halogens is 1. The Hall–Kier alpha value is -2.51. The van der Waals surface area contributed by atoms with E-state index < -0.39 is 0 Å². The fourth-order valence-corrected chi connectivity index (χ4v) is 2.03. The molecule has 0 aromatic heterocycles. The number of anilines is 2. The van der Waals surface area contributed by atoms with E-state index in [1.807, 2.05) is 18.2 Å². The zero-order valence-electron chi connectivity index (χ0n) is 11.5. The molecule has 21 heavy (non-hydrogen) atoms. The molecule has 2 rings (SSSR count). The number of amides is 1. The third-order valence-electron chi connectivity index (χ3n) is 2.86. The number of nitrogens with zero attached hydrogens (tertiary/aromatic N) is 1. The highest BCUT2D eigenvalue weighted by molar-refractivity contribution is 6.31. The van der Waals surface area contributed by atoms with Crippen molar-refractivity contribution in [3.05, 3.63) is 58.6 Å². The van der Waals surface area contributed by atoms with Crippen LogP contribution in [0.5, 0.6) is 0 Å². The third-order valence-corrected chi connectivity index (χ3v) is 3.09. The standard InChI is InChI=1S/C16H14ClN3O/c1-11(21)20-16-8-14(17)6-7-15(16)19-10-13-4-2-12(9-18)3-5-13/h2-8,19H,10H2,1H3,(H,20,21). The van der Waals surface area contributed by atoms with Crippen LogP contribution in [0.1, 0.15) is 18.1 Å². The van der Waals surface area contributed by atoms with Crippen molar-refractivity contribution in [3.63, 3.8) is 0 Å². The Labute approximate surface area is 128 Å². The van der Waals surface area contributed by atoms with Crippen LogP contribution in [0.3, 0.4) is 0 Å². The number of carbonyl (C=O) groups excluding carboxylic acids is 1. The normalized spacial score (nSPS) is 9.76. The lowest BCUT2D eigenvalue weighted by molar-refractivity contribution is -0.114. The maximum absolute atomic E-state index is 11.2. The van der Waals surface area contributed by atoms with Gasteiger partial charge in [-0.05, 0) is 35.9 Å². The number of hydrogen-bond acceptors (Lipinski definition) is 3. The summed E-state index contributed by atoms with van der Waals surface area (Å²) in [7, 11) is 0. The lowest BCUT2D eigenvalue weighted by Gasteiger charge is -2.13. The number of nitriles is 1. The van der Waals surface area contributed by atoms with Crippen LogP contribution in [0.4, 0.5) is 11.4 Å². The molecule has 0 radical (unpaired) electrons. The molecule has 2 aromatic rings. The quantitative estimate of drug-likeness (QED) is 0.903. The lowest BCUT2D eigenvalue weighted by Crippen LogP contribution is -2.09. The van der Waals surface area contributed by atoms with Gasteiger partial charge in [0.2, 0.25) is 5.91 Å². The Bertz CT molecular complexity index is 690. The lowest BCUT2D eigenvalue weighted by atomic mass is 10.1. The highest BCUT2D eigenvalue weighted by atomic mass is 35.5. The van der Waals surface area contributed by atoms with E-state index in [1.54, 1.807) is 24.3 Å². The molecule has 0 aliphatic rings. The van der Waals surface area contributed by atoms with Crippen LogP contribution in [0, 0.1) is 11.3 Å². The average Bonchev–Trinajstić information content (AvgIpc) is 2.46. The third kappa shape index (κ3) is 4.23. The smallest absolute Gasteiger partial charge is 0.221 e. The molecule has 1 amide bonds. The van der Waals surface area contributed by atoms with Crippen molar-refractivity contribution >= 4 is 28.9 Å². The molecule has 4 nitrogen and oxygen atoms in total. The van der Waals surface area contributed by atoms with E-state index in [0.717, 1.165) is 11.3 Å². The van der Waals surface area contributed by atoms with E-state index in [2.05, 4.69) is 16.7 Å². The molecule has 0 bridgehead atoms. The number of hydrogen-bond donors (Lipinski definition) is 2. The van der Waals surface area contributed by atoms with Crippen LogP contribution in [0.2, 0.25) is 5.02 Å². The summed E-state index contributed by atoms with van der Waals surface area (Å²) in [5.74, 6) is -0.154. The largest absolute Gasteiger partial charge is 0.379 e. The van der Waals surface area contributed by atoms with E-state index in [1.165, 1.54) is 6.92 Å². The Balaban J connectivity index is 2.11. The van der Waals surface area contributed by atoms with Gasteiger partial charge in [-0.15, -0.1) is 0 Å². The molecule has 2 N–H and O–H groups in total. The maximum Gasteiger partial charge on any atom is 0.221 e. The van der Waals surface area contributed by atoms with Crippen LogP contribution in [-0.2, 0) is 11.3 Å². The molecule has 5 heteroatoms. The van der Waals surface area contributed by atoms with Crippen molar-refractivity contribution < 1.29 is 4.79 Å². The van der Waals surface area contributed by atoms with Crippen LogP contribution < -0.4 is 10.6 Å². The number of benzene rings is 2. The van der Waals surface area contributed by atoms with Crippen molar-refractivity contribution in [3.8, 4) is 6.07 Å². The second kappa shape index (κ2) is 6.78. The Morgan fingerprint density at radius 2 is 1.90 bits per heavy atom. The first-order valence-corrected chi connectivity index (χ1v) is 6.76. The minimum atomic E-state index is -0.154. The first kappa shape index (κ1) is 14.9. The Kier molecular flexibility index (Phi) is 4.81. The van der Waals surface area contributed by atoms with Crippen molar-refractivity contribution in [2.45, 2.75) is 13.5 Å². The molecule has 0 aliphatic heterocycles. The summed E-state index contributed by atoms with van der Waals surface area (Å²) in [4.78, 5) is 11.2.